The van der Waals surface area contributed by atoms with Crippen molar-refractivity contribution in [3.63, 3.8) is 0 Å². The van der Waals surface area contributed by atoms with Crippen molar-refractivity contribution in [3.8, 4) is 0 Å². The largest absolute Gasteiger partial charge is 0.468 e. The van der Waals surface area contributed by atoms with Crippen LogP contribution in [-0.2, 0) is 44.8 Å². The summed E-state index contributed by atoms with van der Waals surface area (Å²) >= 11 is 0. The van der Waals surface area contributed by atoms with Crippen LogP contribution in [0.4, 0.5) is 8.78 Å². The van der Waals surface area contributed by atoms with Gasteiger partial charge in [-0.3, -0.25) is 24.2 Å². The maximum Gasteiger partial charge on any atom is 0.240 e. The molecular formula is C62H73F2N7O5. The van der Waals surface area contributed by atoms with Crippen LogP contribution in [0.3, 0.4) is 0 Å². The van der Waals surface area contributed by atoms with E-state index in [-0.39, 0.29) is 59.7 Å². The van der Waals surface area contributed by atoms with E-state index in [9.17, 15) is 23.2 Å². The van der Waals surface area contributed by atoms with E-state index in [1.807, 2.05) is 42.2 Å². The number of carbonyl (C=O) groups is 3. The molecule has 2 saturated heterocycles. The molecule has 7 aromatic rings. The Morgan fingerprint density at radius 1 is 0.711 bits per heavy atom. The molecular weight excluding hydrogens is 961 g/mol. The van der Waals surface area contributed by atoms with Crippen LogP contribution in [-0.4, -0.2) is 123 Å². The molecule has 12 nitrogen and oxygen atoms in total. The number of amides is 2. The number of nitrogens with two attached hydrogens (primary N) is 2. The second kappa shape index (κ2) is 26.9. The zero-order valence-electron chi connectivity index (χ0n) is 44.0. The molecule has 76 heavy (non-hydrogen) atoms. The Morgan fingerprint density at radius 3 is 1.97 bits per heavy atom. The highest BCUT2D eigenvalue weighted by atomic mass is 19.1. The number of rotatable bonds is 20. The van der Waals surface area contributed by atoms with Gasteiger partial charge in [0.25, 0.3) is 0 Å². The number of fused-ring (bicyclic) bond motifs is 2. The first-order valence-electron chi connectivity index (χ1n) is 26.7. The molecule has 2 amide bonds. The molecule has 7 atom stereocenters. The van der Waals surface area contributed by atoms with Crippen molar-refractivity contribution in [2.24, 2.45) is 17.4 Å². The lowest BCUT2D eigenvalue weighted by molar-refractivity contribution is -0.139. The molecule has 6 N–H and O–H groups in total. The number of nitrogens with one attached hydrogen (secondary N) is 2. The number of piperazine rings is 2. The maximum absolute atomic E-state index is 14.3. The topological polar surface area (TPSA) is 159 Å². The van der Waals surface area contributed by atoms with Gasteiger partial charge in [-0.2, -0.15) is 0 Å². The van der Waals surface area contributed by atoms with E-state index in [0.29, 0.717) is 57.6 Å². The number of hydrogen-bond donors (Lipinski definition) is 4. The monoisotopic (exact) mass is 1030 g/mol. The predicted molar refractivity (Wildman–Crippen MR) is 296 cm³/mol. The molecule has 6 aromatic carbocycles. The minimum atomic E-state index is -0.678. The zero-order chi connectivity index (χ0) is 53.6. The van der Waals surface area contributed by atoms with E-state index >= 15 is 0 Å². The quantitative estimate of drug-likeness (QED) is 0.0589. The van der Waals surface area contributed by atoms with Gasteiger partial charge in [-0.1, -0.05) is 122 Å². The van der Waals surface area contributed by atoms with E-state index in [0.717, 1.165) is 53.6 Å². The summed E-state index contributed by atoms with van der Waals surface area (Å²) in [6.07, 6.45) is 4.95. The third kappa shape index (κ3) is 14.2. The highest BCUT2D eigenvalue weighted by molar-refractivity contribution is 5.87. The third-order valence-corrected chi connectivity index (χ3v) is 15.2. The first kappa shape index (κ1) is 55.6. The minimum Gasteiger partial charge on any atom is -0.468 e. The molecule has 0 saturated carbocycles. The molecule has 3 heterocycles. The van der Waals surface area contributed by atoms with Crippen LogP contribution < -0.4 is 22.1 Å². The number of nitrogens with zero attached hydrogens (tertiary/aromatic N) is 3. The number of halogens is 2. The fraction of sp³-hybridized carbons (Fsp3) is 0.371. The summed E-state index contributed by atoms with van der Waals surface area (Å²) in [6, 6.07) is 44.1. The smallest absolute Gasteiger partial charge is 0.240 e. The molecule has 0 bridgehead atoms. The highest BCUT2D eigenvalue weighted by Crippen LogP contribution is 2.31. The summed E-state index contributed by atoms with van der Waals surface area (Å²) in [5, 5.41) is 11.1. The van der Waals surface area contributed by atoms with Gasteiger partial charge < -0.3 is 36.2 Å². The van der Waals surface area contributed by atoms with Crippen LogP contribution in [0.15, 0.2) is 156 Å². The maximum atomic E-state index is 14.3. The van der Waals surface area contributed by atoms with Crippen molar-refractivity contribution >= 4 is 39.1 Å². The molecule has 0 radical (unpaired) electrons. The second-order valence-corrected chi connectivity index (χ2v) is 20.2. The summed E-state index contributed by atoms with van der Waals surface area (Å²) in [5.41, 5.74) is 16.5. The van der Waals surface area contributed by atoms with Crippen molar-refractivity contribution in [1.82, 2.24) is 25.3 Å². The van der Waals surface area contributed by atoms with Crippen LogP contribution in [0, 0.1) is 17.6 Å². The first-order valence-corrected chi connectivity index (χ1v) is 26.7. The Bertz CT molecular complexity index is 2990. The van der Waals surface area contributed by atoms with Crippen LogP contribution in [0.1, 0.15) is 53.8 Å². The molecule has 0 aliphatic carbocycles. The first-order chi connectivity index (χ1) is 36.9. The number of ether oxygens (including phenoxy) is 1. The molecule has 14 heteroatoms. The van der Waals surface area contributed by atoms with Crippen molar-refractivity contribution in [2.45, 2.75) is 81.7 Å². The van der Waals surface area contributed by atoms with Crippen LogP contribution >= 0.6 is 0 Å². The lowest BCUT2D eigenvalue weighted by Gasteiger charge is -2.44. The Labute approximate surface area is 445 Å². The Hall–Kier alpha value is -6.65. The summed E-state index contributed by atoms with van der Waals surface area (Å²) in [4.78, 5) is 46.2. The molecule has 2 aliphatic heterocycles. The lowest BCUT2D eigenvalue weighted by Crippen LogP contribution is -2.62. The van der Waals surface area contributed by atoms with Crippen molar-refractivity contribution in [1.29, 1.82) is 0 Å². The van der Waals surface area contributed by atoms with Gasteiger partial charge in [-0.15, -0.1) is 0 Å². The second-order valence-electron chi connectivity index (χ2n) is 20.2. The van der Waals surface area contributed by atoms with E-state index in [1.54, 1.807) is 50.8 Å². The van der Waals surface area contributed by atoms with E-state index in [4.69, 9.17) is 20.6 Å². The summed E-state index contributed by atoms with van der Waals surface area (Å²) in [6.45, 7) is 6.32. The third-order valence-electron chi connectivity index (χ3n) is 15.2. The molecule has 5 unspecified atom stereocenters. The van der Waals surface area contributed by atoms with Gasteiger partial charge in [0.15, 0.2) is 5.78 Å². The minimum absolute atomic E-state index is 0.00445. The Balaban J connectivity index is 0.000000203. The highest BCUT2D eigenvalue weighted by Gasteiger charge is 2.38. The molecule has 0 spiro atoms. The number of carbonyl (C=O) groups excluding carboxylic acids is 3. The SMILES string of the molecule is CCC1CN([C@@H](Cc2ccccc2F)C(=O)NC)CCN1C(=O)[C@H](N)Cc1ccc2ccccc2c1.COCCC(C(=O)C(N)Cc1ccc(F)cc1)C1CN(C(Cc2ccc3ccccc3c2)c2ccco2)CCN1. The van der Waals surface area contributed by atoms with Crippen LogP contribution in [0.5, 0.6) is 0 Å². The number of methoxy groups -OCH3 is 1. The van der Waals surface area contributed by atoms with Crippen molar-refractivity contribution in [2.75, 3.05) is 60.0 Å². The standard InChI is InChI=1S/C33H38FN3O3.C29H35FN4O2/c1-39-18-14-28(33(38)29(35)20-23-9-12-27(34)13-10-23)30-22-37(16-15-36-30)31(32-7-4-17-40-32)21-24-8-11-25-5-2-3-6-26(25)19-24;1-3-24-19-33(27(28(35)32-2)18-23-10-6-7-11-25(23)30)14-15-34(24)29(36)26(31)17-20-12-13-21-8-4-5-9-22(21)16-20/h2-13,17,19,28-31,36H,14-16,18,20-22,35H2,1H3;4-13,16,24,26-27H,3,14-15,17-19,31H2,1-2H3,(H,32,35)/t;24?,26-,27+/m.1/s1. The van der Waals surface area contributed by atoms with E-state index in [2.05, 4.69) is 87.2 Å². The van der Waals surface area contributed by atoms with Gasteiger partial charge in [0.05, 0.1) is 30.4 Å². The number of benzene rings is 6. The number of Topliss-reactive ketones (excluding diaryl/α,β-unsaturated/α-hetero) is 1. The van der Waals surface area contributed by atoms with Gasteiger partial charge >= 0.3 is 0 Å². The van der Waals surface area contributed by atoms with E-state index < -0.39 is 18.1 Å². The normalized spacial score (nSPS) is 18.3. The fourth-order valence-electron chi connectivity index (χ4n) is 11.0. The lowest BCUT2D eigenvalue weighted by atomic mass is 9.85. The number of ketones is 1. The zero-order valence-corrected chi connectivity index (χ0v) is 44.0. The van der Waals surface area contributed by atoms with Crippen LogP contribution in [0.2, 0.25) is 0 Å². The molecule has 2 aliphatic rings. The average Bonchev–Trinajstić information content (AvgIpc) is 4.00. The molecule has 1 aromatic heterocycles. The van der Waals surface area contributed by atoms with Gasteiger partial charge in [0.2, 0.25) is 11.8 Å². The fourth-order valence-corrected chi connectivity index (χ4v) is 11.0. The van der Waals surface area contributed by atoms with Gasteiger partial charge in [0, 0.05) is 78.0 Å². The Morgan fingerprint density at radius 2 is 1.34 bits per heavy atom. The van der Waals surface area contributed by atoms with Gasteiger partial charge in [-0.25, -0.2) is 8.78 Å². The molecule has 400 valence electrons. The summed E-state index contributed by atoms with van der Waals surface area (Å²) in [7, 11) is 3.25. The molecule has 9 rings (SSSR count). The summed E-state index contributed by atoms with van der Waals surface area (Å²) in [5.74, 6) is -0.224. The number of furan rings is 1. The van der Waals surface area contributed by atoms with E-state index in [1.165, 1.54) is 34.5 Å². The van der Waals surface area contributed by atoms with Crippen molar-refractivity contribution in [3.05, 3.63) is 192 Å². The summed E-state index contributed by atoms with van der Waals surface area (Å²) < 4.78 is 39.0. The molecule has 2 fully saturated rings. The van der Waals surface area contributed by atoms with Gasteiger partial charge in [-0.05, 0) is 113 Å². The number of hydrogen-bond acceptors (Lipinski definition) is 10. The Kier molecular flexibility index (Phi) is 19.7. The average molecular weight is 1030 g/mol. The predicted octanol–water partition coefficient (Wildman–Crippen LogP) is 8.05. The van der Waals surface area contributed by atoms with Crippen LogP contribution in [0.25, 0.3) is 21.5 Å². The number of likely N-dealkylation sites (N-methyl/N-ethyl adjacent to an activating group) is 1. The van der Waals surface area contributed by atoms with Gasteiger partial charge in [0.1, 0.15) is 17.4 Å². The van der Waals surface area contributed by atoms with Crippen molar-refractivity contribution < 1.29 is 32.3 Å².